The van der Waals surface area contributed by atoms with E-state index in [1.54, 1.807) is 26.0 Å². The van der Waals surface area contributed by atoms with Gasteiger partial charge in [0.25, 0.3) is 17.5 Å². The van der Waals surface area contributed by atoms with Crippen LogP contribution in [0.3, 0.4) is 0 Å². The fraction of sp³-hybridized carbons (Fsp3) is 0.400. The van der Waals surface area contributed by atoms with Gasteiger partial charge >= 0.3 is 0 Å². The Bertz CT molecular complexity index is 1220. The van der Waals surface area contributed by atoms with Crippen molar-refractivity contribution in [3.05, 3.63) is 74.1 Å². The molecule has 198 valence electrons. The number of benzene rings is 2. The number of halogens is 1. The van der Waals surface area contributed by atoms with Gasteiger partial charge in [0.15, 0.2) is 8.32 Å². The maximum atomic E-state index is 13.3. The second kappa shape index (κ2) is 11.7. The molecule has 0 aliphatic rings. The first kappa shape index (κ1) is 29.8. The van der Waals surface area contributed by atoms with Crippen molar-refractivity contribution >= 4 is 48.8 Å². The maximum Gasteiger partial charge on any atom is 0.269 e. The molecule has 12 heteroatoms. The van der Waals surface area contributed by atoms with E-state index in [2.05, 4.69) is 54.9 Å². The van der Waals surface area contributed by atoms with Crippen molar-refractivity contribution in [2.75, 3.05) is 5.32 Å². The average molecular weight is 546 g/mol. The van der Waals surface area contributed by atoms with Crippen LogP contribution < -0.4 is 16.2 Å². The number of anilines is 1. The van der Waals surface area contributed by atoms with Crippen molar-refractivity contribution in [1.82, 2.24) is 10.9 Å². The predicted octanol–water partition coefficient (Wildman–Crippen LogP) is 5.76. The molecule has 10 nitrogen and oxygen atoms in total. The topological polar surface area (TPSA) is 127 Å². The molecule has 2 rings (SSSR count). The largest absolute Gasteiger partial charge is 0.412 e. The third-order valence-electron chi connectivity index (χ3n) is 6.48. The Morgan fingerprint density at radius 1 is 1.14 bits per heavy atom. The number of hydrazine groups is 1. The first-order valence-corrected chi connectivity index (χ1v) is 14.8. The van der Waals surface area contributed by atoms with Crippen molar-refractivity contribution in [1.29, 1.82) is 0 Å². The molecular formula is C25H32ClN5O5Si. The van der Waals surface area contributed by atoms with Crippen molar-refractivity contribution in [2.45, 2.75) is 64.9 Å². The maximum absolute atomic E-state index is 13.3. The molecule has 0 fully saturated rings. The second-order valence-electron chi connectivity index (χ2n) is 10.1. The zero-order chi connectivity index (χ0) is 28.1. The van der Waals surface area contributed by atoms with E-state index in [0.717, 1.165) is 0 Å². The lowest BCUT2D eigenvalue weighted by molar-refractivity contribution is -0.384. The van der Waals surface area contributed by atoms with Gasteiger partial charge in [-0.15, -0.1) is 0 Å². The molecule has 0 saturated carbocycles. The summed E-state index contributed by atoms with van der Waals surface area (Å²) in [6.07, 6.45) is -0.601. The molecule has 0 saturated heterocycles. The zero-order valence-electron chi connectivity index (χ0n) is 21.9. The quantitative estimate of drug-likeness (QED) is 0.167. The molecule has 2 aromatic rings. The van der Waals surface area contributed by atoms with E-state index in [4.69, 9.17) is 22.6 Å². The lowest BCUT2D eigenvalue weighted by atomic mass is 10.1. The molecule has 0 radical (unpaired) electrons. The minimum atomic E-state index is -2.27. The first-order valence-electron chi connectivity index (χ1n) is 11.5. The number of rotatable bonds is 8. The van der Waals surface area contributed by atoms with E-state index >= 15 is 0 Å². The summed E-state index contributed by atoms with van der Waals surface area (Å²) in [5.41, 5.74) is 6.20. The highest BCUT2D eigenvalue weighted by Crippen LogP contribution is 2.38. The third kappa shape index (κ3) is 7.28. The number of nitro groups is 1. The number of carbonyl (C=O) groups excluding carboxylic acids is 2. The molecule has 0 aromatic heterocycles. The van der Waals surface area contributed by atoms with Crippen molar-refractivity contribution < 1.29 is 18.9 Å². The minimum Gasteiger partial charge on any atom is -0.412 e. The normalized spacial score (nSPS) is 13.2. The summed E-state index contributed by atoms with van der Waals surface area (Å²) in [5.74, 6) is -1.20. The molecular weight excluding hydrogens is 514 g/mol. The molecule has 0 aliphatic heterocycles. The van der Waals surface area contributed by atoms with Crippen LogP contribution in [0.25, 0.3) is 4.85 Å². The van der Waals surface area contributed by atoms with Crippen LogP contribution in [0.2, 0.25) is 23.2 Å². The van der Waals surface area contributed by atoms with Crippen LogP contribution in [-0.2, 0) is 9.22 Å². The molecule has 0 aliphatic carbocycles. The average Bonchev–Trinajstić information content (AvgIpc) is 2.82. The SMILES string of the molecule is [C-]#[N+]c1ccc(N[C@@H](C(=O)NNC(=O)c2ccc([N+](=O)[O-])cc2)[C@H](C)O[Si](C)(C)C(C)(C)C)c(C)c1Cl. The number of hydrogen-bond acceptors (Lipinski definition) is 6. The highest BCUT2D eigenvalue weighted by atomic mass is 35.5. The molecule has 3 N–H and O–H groups in total. The van der Waals surface area contributed by atoms with Gasteiger partial charge in [0.1, 0.15) is 6.04 Å². The van der Waals surface area contributed by atoms with E-state index in [-0.39, 0.29) is 21.3 Å². The molecule has 2 amide bonds. The van der Waals surface area contributed by atoms with Gasteiger partial charge in [-0.3, -0.25) is 30.6 Å². The third-order valence-corrected chi connectivity index (χ3v) is 11.5. The van der Waals surface area contributed by atoms with Crippen molar-refractivity contribution in [2.24, 2.45) is 0 Å². The molecule has 0 heterocycles. The highest BCUT2D eigenvalue weighted by molar-refractivity contribution is 6.74. The Kier molecular flexibility index (Phi) is 9.43. The molecule has 37 heavy (non-hydrogen) atoms. The van der Waals surface area contributed by atoms with E-state index in [1.165, 1.54) is 24.3 Å². The Morgan fingerprint density at radius 3 is 2.24 bits per heavy atom. The Hall–Kier alpha value is -3.46. The summed E-state index contributed by atoms with van der Waals surface area (Å²) in [5, 5.41) is 14.2. The number of non-ortho nitro benzene ring substituents is 1. The fourth-order valence-electron chi connectivity index (χ4n) is 3.19. The van der Waals surface area contributed by atoms with E-state index in [9.17, 15) is 19.7 Å². The lowest BCUT2D eigenvalue weighted by Gasteiger charge is -2.40. The molecule has 2 atom stereocenters. The van der Waals surface area contributed by atoms with Gasteiger partial charge in [0.05, 0.1) is 22.6 Å². The smallest absolute Gasteiger partial charge is 0.269 e. The summed E-state index contributed by atoms with van der Waals surface area (Å²) in [4.78, 5) is 39.5. The standard InChI is InChI=1S/C25H32ClN5O5Si/c1-15-19(13-14-20(27-6)21(15)26)28-22(16(2)36-37(7,8)25(3,4)5)24(33)30-29-23(32)17-9-11-18(12-10-17)31(34)35/h9-14,16,22,28H,1-5,7-8H3,(H,29,32)(H,30,33)/t16-,22+/m0/s1. The van der Waals surface area contributed by atoms with Crippen LogP contribution >= 0.6 is 11.6 Å². The van der Waals surface area contributed by atoms with Gasteiger partial charge in [0, 0.05) is 23.4 Å². The summed E-state index contributed by atoms with van der Waals surface area (Å²) in [6.45, 7) is 21.2. The van der Waals surface area contributed by atoms with Crippen molar-refractivity contribution in [3.63, 3.8) is 0 Å². The van der Waals surface area contributed by atoms with E-state index in [0.29, 0.717) is 16.9 Å². The number of nitro benzene ring substituents is 1. The highest BCUT2D eigenvalue weighted by Gasteiger charge is 2.41. The summed E-state index contributed by atoms with van der Waals surface area (Å²) < 4.78 is 6.46. The number of nitrogens with one attached hydrogen (secondary N) is 3. The second-order valence-corrected chi connectivity index (χ2v) is 15.3. The van der Waals surface area contributed by atoms with Crippen LogP contribution in [0.15, 0.2) is 36.4 Å². The van der Waals surface area contributed by atoms with Crippen molar-refractivity contribution in [3.8, 4) is 0 Å². The van der Waals surface area contributed by atoms with E-state index < -0.39 is 37.2 Å². The Labute approximate surface area is 222 Å². The predicted molar refractivity (Wildman–Crippen MR) is 146 cm³/mol. The zero-order valence-corrected chi connectivity index (χ0v) is 23.7. The minimum absolute atomic E-state index is 0.108. The van der Waals surface area contributed by atoms with Crippen LogP contribution in [-0.4, -0.2) is 37.2 Å². The van der Waals surface area contributed by atoms with Crippen LogP contribution in [0.4, 0.5) is 17.1 Å². The molecule has 0 bridgehead atoms. The number of carbonyl (C=O) groups is 2. The van der Waals surface area contributed by atoms with Gasteiger partial charge < -0.3 is 9.74 Å². The Morgan fingerprint density at radius 2 is 1.73 bits per heavy atom. The molecule has 0 unspecified atom stereocenters. The van der Waals surface area contributed by atoms with Gasteiger partial charge in [-0.05, 0) is 55.7 Å². The Balaban J connectivity index is 2.28. The van der Waals surface area contributed by atoms with Gasteiger partial charge in [-0.25, -0.2) is 4.85 Å². The molecule has 0 spiro atoms. The lowest BCUT2D eigenvalue weighted by Crippen LogP contribution is -2.55. The van der Waals surface area contributed by atoms with Gasteiger partial charge in [-0.1, -0.05) is 38.4 Å². The summed E-state index contributed by atoms with van der Waals surface area (Å²) in [6, 6.07) is 7.30. The van der Waals surface area contributed by atoms with E-state index in [1.807, 2.05) is 0 Å². The summed E-state index contributed by atoms with van der Waals surface area (Å²) >= 11 is 6.33. The number of amides is 2. The fourth-order valence-corrected chi connectivity index (χ4v) is 4.82. The van der Waals surface area contributed by atoms with Crippen LogP contribution in [0.5, 0.6) is 0 Å². The summed E-state index contributed by atoms with van der Waals surface area (Å²) in [7, 11) is -2.27. The molecule has 2 aromatic carbocycles. The van der Waals surface area contributed by atoms with Gasteiger partial charge in [-0.2, -0.15) is 0 Å². The van der Waals surface area contributed by atoms with Crippen LogP contribution in [0.1, 0.15) is 43.6 Å². The first-order chi connectivity index (χ1) is 17.1. The van der Waals surface area contributed by atoms with Crippen LogP contribution in [0, 0.1) is 23.6 Å². The van der Waals surface area contributed by atoms with Gasteiger partial charge in [0.2, 0.25) is 5.69 Å². The number of nitrogens with zero attached hydrogens (tertiary/aromatic N) is 2. The monoisotopic (exact) mass is 545 g/mol. The number of hydrogen-bond donors (Lipinski definition) is 3.